The number of sulfonamides is 1. The van der Waals surface area contributed by atoms with Crippen LogP contribution in [0.3, 0.4) is 0 Å². The summed E-state index contributed by atoms with van der Waals surface area (Å²) >= 11 is 0. The molecule has 1 aliphatic heterocycles. The Morgan fingerprint density at radius 2 is 1.64 bits per heavy atom. The number of hydrogen-bond donors (Lipinski definition) is 3. The second-order valence-electron chi connectivity index (χ2n) is 8.22. The van der Waals surface area contributed by atoms with Crippen molar-refractivity contribution in [3.8, 4) is 0 Å². The maximum Gasteiger partial charge on any atom is 0.242 e. The minimum absolute atomic E-state index is 0.0350. The van der Waals surface area contributed by atoms with Gasteiger partial charge in [0.05, 0.1) is 5.92 Å². The van der Waals surface area contributed by atoms with Gasteiger partial charge in [0.2, 0.25) is 15.9 Å². The monoisotopic (exact) mass is 464 g/mol. The van der Waals surface area contributed by atoms with Crippen molar-refractivity contribution in [3.63, 3.8) is 0 Å². The SMILES string of the molecule is O=C(NCC(c1ccccc1)c1ccccc1)[C@@H]1CNC[C@H](NS(=O)(=O)c2cccnc2)C1. The van der Waals surface area contributed by atoms with Gasteiger partial charge in [-0.25, -0.2) is 13.1 Å². The van der Waals surface area contributed by atoms with Gasteiger partial charge in [0.15, 0.2) is 0 Å². The van der Waals surface area contributed by atoms with E-state index in [9.17, 15) is 13.2 Å². The fraction of sp³-hybridized carbons (Fsp3) is 0.280. The third-order valence-electron chi connectivity index (χ3n) is 5.87. The number of carbonyl (C=O) groups excluding carboxylic acids is 1. The Morgan fingerprint density at radius 1 is 0.970 bits per heavy atom. The van der Waals surface area contributed by atoms with E-state index in [-0.39, 0.29) is 28.7 Å². The highest BCUT2D eigenvalue weighted by atomic mass is 32.2. The Morgan fingerprint density at radius 3 is 2.24 bits per heavy atom. The summed E-state index contributed by atoms with van der Waals surface area (Å²) < 4.78 is 28.0. The van der Waals surface area contributed by atoms with Crippen molar-refractivity contribution in [2.24, 2.45) is 5.92 Å². The number of amides is 1. The van der Waals surface area contributed by atoms with Crippen LogP contribution in [0.4, 0.5) is 0 Å². The van der Waals surface area contributed by atoms with E-state index < -0.39 is 10.0 Å². The minimum atomic E-state index is -3.69. The molecule has 172 valence electrons. The molecule has 2 heterocycles. The summed E-state index contributed by atoms with van der Waals surface area (Å²) in [5.41, 5.74) is 2.26. The van der Waals surface area contributed by atoms with Crippen LogP contribution in [0.15, 0.2) is 90.1 Å². The third-order valence-corrected chi connectivity index (χ3v) is 7.38. The number of hydrogen-bond acceptors (Lipinski definition) is 5. The van der Waals surface area contributed by atoms with Crippen LogP contribution < -0.4 is 15.4 Å². The molecule has 2 atom stereocenters. The van der Waals surface area contributed by atoms with Crippen LogP contribution in [-0.2, 0) is 14.8 Å². The molecule has 2 aromatic carbocycles. The molecule has 1 aromatic heterocycles. The molecule has 1 aliphatic rings. The van der Waals surface area contributed by atoms with Gasteiger partial charge in [-0.3, -0.25) is 9.78 Å². The molecule has 8 heteroatoms. The van der Waals surface area contributed by atoms with Gasteiger partial charge in [0.1, 0.15) is 4.90 Å². The average Bonchev–Trinajstić information content (AvgIpc) is 2.86. The lowest BCUT2D eigenvalue weighted by Gasteiger charge is -2.30. The van der Waals surface area contributed by atoms with Gasteiger partial charge < -0.3 is 10.6 Å². The molecule has 0 bridgehead atoms. The van der Waals surface area contributed by atoms with E-state index in [0.29, 0.717) is 26.1 Å². The van der Waals surface area contributed by atoms with Crippen molar-refractivity contribution in [1.29, 1.82) is 0 Å². The summed E-state index contributed by atoms with van der Waals surface area (Å²) in [5.74, 6) is -0.370. The number of pyridine rings is 1. The maximum absolute atomic E-state index is 13.0. The van der Waals surface area contributed by atoms with Gasteiger partial charge in [-0.15, -0.1) is 0 Å². The first-order valence-corrected chi connectivity index (χ1v) is 12.5. The summed E-state index contributed by atoms with van der Waals surface area (Å²) in [6.45, 7) is 1.45. The molecule has 0 aliphatic carbocycles. The van der Waals surface area contributed by atoms with E-state index in [1.807, 2.05) is 36.4 Å². The van der Waals surface area contributed by atoms with Crippen molar-refractivity contribution >= 4 is 15.9 Å². The zero-order valence-electron chi connectivity index (χ0n) is 18.2. The lowest BCUT2D eigenvalue weighted by Crippen LogP contribution is -2.52. The van der Waals surface area contributed by atoms with Gasteiger partial charge in [0, 0.05) is 44.0 Å². The smallest absolute Gasteiger partial charge is 0.242 e. The molecule has 3 aromatic rings. The minimum Gasteiger partial charge on any atom is -0.355 e. The summed E-state index contributed by atoms with van der Waals surface area (Å²) in [6.07, 6.45) is 3.27. The van der Waals surface area contributed by atoms with Crippen LogP contribution in [0.1, 0.15) is 23.5 Å². The molecule has 4 rings (SSSR count). The van der Waals surface area contributed by atoms with Crippen molar-refractivity contribution in [3.05, 3.63) is 96.3 Å². The molecule has 0 spiro atoms. The van der Waals surface area contributed by atoms with Crippen LogP contribution in [-0.4, -0.2) is 45.0 Å². The Balaban J connectivity index is 1.39. The van der Waals surface area contributed by atoms with Crippen LogP contribution in [0, 0.1) is 5.92 Å². The van der Waals surface area contributed by atoms with E-state index >= 15 is 0 Å². The lowest BCUT2D eigenvalue weighted by molar-refractivity contribution is -0.125. The van der Waals surface area contributed by atoms with Crippen molar-refractivity contribution in [2.75, 3.05) is 19.6 Å². The van der Waals surface area contributed by atoms with Crippen LogP contribution in [0.5, 0.6) is 0 Å². The summed E-state index contributed by atoms with van der Waals surface area (Å²) in [7, 11) is -3.69. The first-order chi connectivity index (χ1) is 16.0. The standard InChI is InChI=1S/C25H28N4O3S/c30-25(28-18-24(19-8-3-1-4-9-19)20-10-5-2-6-11-20)21-14-22(16-27-15-21)29-33(31,32)23-12-7-13-26-17-23/h1-13,17,21-22,24,27,29H,14-16,18H2,(H,28,30)/t21-,22+/m0/s1. The quantitative estimate of drug-likeness (QED) is 0.475. The van der Waals surface area contributed by atoms with Crippen molar-refractivity contribution < 1.29 is 13.2 Å². The molecular weight excluding hydrogens is 436 g/mol. The van der Waals surface area contributed by atoms with Crippen LogP contribution in [0.25, 0.3) is 0 Å². The first-order valence-electron chi connectivity index (χ1n) is 11.0. The Bertz CT molecular complexity index is 1100. The number of carbonyl (C=O) groups is 1. The number of nitrogens with zero attached hydrogens (tertiary/aromatic N) is 1. The van der Waals surface area contributed by atoms with Crippen molar-refractivity contribution in [2.45, 2.75) is 23.3 Å². The molecule has 0 saturated carbocycles. The third kappa shape index (κ3) is 6.04. The average molecular weight is 465 g/mol. The van der Waals surface area contributed by atoms with Gasteiger partial charge in [-0.2, -0.15) is 0 Å². The summed E-state index contributed by atoms with van der Waals surface area (Å²) in [4.78, 5) is 17.0. The predicted octanol–water partition coefficient (Wildman–Crippen LogP) is 2.29. The molecule has 7 nitrogen and oxygen atoms in total. The van der Waals surface area contributed by atoms with Crippen molar-refractivity contribution in [1.82, 2.24) is 20.3 Å². The zero-order valence-corrected chi connectivity index (χ0v) is 19.0. The molecule has 1 fully saturated rings. The first kappa shape index (κ1) is 23.1. The maximum atomic E-state index is 13.0. The second-order valence-corrected chi connectivity index (χ2v) is 9.93. The van der Waals surface area contributed by atoms with Gasteiger partial charge >= 0.3 is 0 Å². The summed E-state index contributed by atoms with van der Waals surface area (Å²) in [5, 5.41) is 6.29. The Kier molecular flexibility index (Phi) is 7.49. The number of benzene rings is 2. The molecular formula is C25H28N4O3S. The number of piperidine rings is 1. The molecule has 0 radical (unpaired) electrons. The normalized spacial score (nSPS) is 18.7. The van der Waals surface area contributed by atoms with Gasteiger partial charge in [0.25, 0.3) is 0 Å². The molecule has 33 heavy (non-hydrogen) atoms. The fourth-order valence-corrected chi connectivity index (χ4v) is 5.38. The number of nitrogens with one attached hydrogen (secondary N) is 3. The number of aromatic nitrogens is 1. The predicted molar refractivity (Wildman–Crippen MR) is 127 cm³/mol. The Labute approximate surface area is 194 Å². The fourth-order valence-electron chi connectivity index (χ4n) is 4.17. The van der Waals surface area contributed by atoms with E-state index in [1.54, 1.807) is 6.07 Å². The zero-order chi connectivity index (χ0) is 23.1. The molecule has 1 saturated heterocycles. The van der Waals surface area contributed by atoms with E-state index in [4.69, 9.17) is 0 Å². The molecule has 1 amide bonds. The van der Waals surface area contributed by atoms with Gasteiger partial charge in [-0.05, 0) is 29.7 Å². The highest BCUT2D eigenvalue weighted by Crippen LogP contribution is 2.24. The topological polar surface area (TPSA) is 100 Å². The highest BCUT2D eigenvalue weighted by Gasteiger charge is 2.30. The second kappa shape index (κ2) is 10.7. The molecule has 3 N–H and O–H groups in total. The Hall–Kier alpha value is -3.07. The molecule has 0 unspecified atom stereocenters. The highest BCUT2D eigenvalue weighted by molar-refractivity contribution is 7.89. The largest absolute Gasteiger partial charge is 0.355 e. The van der Waals surface area contributed by atoms with E-state index in [1.165, 1.54) is 18.5 Å². The van der Waals surface area contributed by atoms with Gasteiger partial charge in [-0.1, -0.05) is 60.7 Å². The summed E-state index contributed by atoms with van der Waals surface area (Å²) in [6, 6.07) is 22.9. The van der Waals surface area contributed by atoms with Crippen LogP contribution >= 0.6 is 0 Å². The van der Waals surface area contributed by atoms with E-state index in [0.717, 1.165) is 11.1 Å². The van der Waals surface area contributed by atoms with Crippen LogP contribution in [0.2, 0.25) is 0 Å². The van der Waals surface area contributed by atoms with E-state index in [2.05, 4.69) is 44.6 Å². The number of rotatable bonds is 8. The lowest BCUT2D eigenvalue weighted by atomic mass is 9.90.